The average molecular weight is 448 g/mol. The molecule has 2 saturated heterocycles. The van der Waals surface area contributed by atoms with Crippen LogP contribution in [0.3, 0.4) is 0 Å². The average Bonchev–Trinajstić information content (AvgIpc) is 2.85. The Morgan fingerprint density at radius 1 is 1.15 bits per heavy atom. The highest BCUT2D eigenvalue weighted by Crippen LogP contribution is 2.41. The number of fused-ring (bicyclic) bond motifs is 4. The zero-order valence-corrected chi connectivity index (χ0v) is 20.2. The van der Waals surface area contributed by atoms with Crippen molar-refractivity contribution in [3.63, 3.8) is 0 Å². The second kappa shape index (κ2) is 9.57. The van der Waals surface area contributed by atoms with Crippen LogP contribution >= 0.6 is 0 Å². The summed E-state index contributed by atoms with van der Waals surface area (Å²) in [7, 11) is 0. The second-order valence-electron chi connectivity index (χ2n) is 10.2. The Kier molecular flexibility index (Phi) is 6.55. The molecule has 5 rings (SSSR count). The molecule has 3 heterocycles. The van der Waals surface area contributed by atoms with Gasteiger partial charge in [0.15, 0.2) is 0 Å². The summed E-state index contributed by atoms with van der Waals surface area (Å²) in [5, 5.41) is 5.34. The van der Waals surface area contributed by atoms with Crippen LogP contribution in [-0.4, -0.2) is 47.7 Å². The number of carbonyl (C=O) groups excluding carboxylic acids is 1. The fourth-order valence-corrected chi connectivity index (χ4v) is 5.98. The molecule has 33 heavy (non-hydrogen) atoms. The predicted molar refractivity (Wildman–Crippen MR) is 131 cm³/mol. The third-order valence-corrected chi connectivity index (χ3v) is 7.69. The van der Waals surface area contributed by atoms with Gasteiger partial charge in [0, 0.05) is 30.7 Å². The van der Waals surface area contributed by atoms with Crippen LogP contribution in [0, 0.1) is 5.92 Å². The summed E-state index contributed by atoms with van der Waals surface area (Å²) < 4.78 is 0. The number of rotatable bonds is 5. The lowest BCUT2D eigenvalue weighted by atomic mass is 9.77. The SMILES string of the molecule is CC(C)ON(C(=O)c1ccc2c(c1)CCN1C[C@H]3CCCN[C@H]3C[C@H]21)[C@H](C)c1ccccc1. The maximum absolute atomic E-state index is 13.6. The number of nitrogens with zero attached hydrogens (tertiary/aromatic N) is 2. The van der Waals surface area contributed by atoms with Crippen LogP contribution in [0.15, 0.2) is 48.5 Å². The van der Waals surface area contributed by atoms with Crippen LogP contribution in [0.2, 0.25) is 0 Å². The topological polar surface area (TPSA) is 44.8 Å². The van der Waals surface area contributed by atoms with Gasteiger partial charge in [0.2, 0.25) is 0 Å². The number of hydroxylamine groups is 2. The highest BCUT2D eigenvalue weighted by Gasteiger charge is 2.39. The van der Waals surface area contributed by atoms with Gasteiger partial charge in [-0.25, -0.2) is 5.06 Å². The lowest BCUT2D eigenvalue weighted by Gasteiger charge is -2.49. The molecular weight excluding hydrogens is 410 g/mol. The highest BCUT2D eigenvalue weighted by molar-refractivity contribution is 5.94. The molecule has 2 aromatic carbocycles. The molecular formula is C28H37N3O2. The fourth-order valence-electron chi connectivity index (χ4n) is 5.98. The summed E-state index contributed by atoms with van der Waals surface area (Å²) in [5.41, 5.74) is 4.52. The van der Waals surface area contributed by atoms with Crippen molar-refractivity contribution in [2.75, 3.05) is 19.6 Å². The zero-order chi connectivity index (χ0) is 22.9. The highest BCUT2D eigenvalue weighted by atomic mass is 16.7. The van der Waals surface area contributed by atoms with E-state index in [1.165, 1.54) is 36.9 Å². The lowest BCUT2D eigenvalue weighted by molar-refractivity contribution is -0.174. The standard InChI is InChI=1S/C28H37N3O2/c1-19(2)33-31(20(3)21-8-5-4-6-9-21)28(32)23-11-12-25-22(16-23)13-15-30-18-24-10-7-14-29-26(24)17-27(25)30/h4-6,8-9,11-12,16,19-20,24,26-27,29H,7,10,13-15,17-18H2,1-3H3/t20-,24-,26+,27-/m1/s1. The van der Waals surface area contributed by atoms with Gasteiger partial charge in [-0.3, -0.25) is 14.5 Å². The molecule has 1 amide bonds. The number of piperidine rings is 2. The number of nitrogens with one attached hydrogen (secondary N) is 1. The molecule has 1 N–H and O–H groups in total. The van der Waals surface area contributed by atoms with Crippen LogP contribution < -0.4 is 5.32 Å². The van der Waals surface area contributed by atoms with Crippen LogP contribution in [0.4, 0.5) is 0 Å². The maximum atomic E-state index is 13.6. The van der Waals surface area contributed by atoms with Gasteiger partial charge in [-0.15, -0.1) is 0 Å². The molecule has 0 aromatic heterocycles. The molecule has 3 aliphatic rings. The Bertz CT molecular complexity index is 976. The fraction of sp³-hybridized carbons (Fsp3) is 0.536. The zero-order valence-electron chi connectivity index (χ0n) is 20.2. The van der Waals surface area contributed by atoms with Gasteiger partial charge in [-0.2, -0.15) is 0 Å². The Balaban J connectivity index is 1.39. The molecule has 0 bridgehead atoms. The summed E-state index contributed by atoms with van der Waals surface area (Å²) in [6.07, 6.45) is 4.77. The Hall–Kier alpha value is -2.21. The first kappa shape index (κ1) is 22.6. The lowest BCUT2D eigenvalue weighted by Crippen LogP contribution is -2.54. The van der Waals surface area contributed by atoms with E-state index in [1.807, 2.05) is 57.2 Å². The van der Waals surface area contributed by atoms with E-state index in [0.717, 1.165) is 36.6 Å². The largest absolute Gasteiger partial charge is 0.314 e. The summed E-state index contributed by atoms with van der Waals surface area (Å²) in [6.45, 7) is 9.41. The summed E-state index contributed by atoms with van der Waals surface area (Å²) >= 11 is 0. The van der Waals surface area contributed by atoms with Crippen LogP contribution in [0.1, 0.15) is 79.2 Å². The molecule has 2 aromatic rings. The molecule has 176 valence electrons. The van der Waals surface area contributed by atoms with Crippen molar-refractivity contribution in [3.05, 3.63) is 70.8 Å². The van der Waals surface area contributed by atoms with E-state index in [4.69, 9.17) is 4.84 Å². The molecule has 0 spiro atoms. The number of benzene rings is 2. The molecule has 0 unspecified atom stereocenters. The van der Waals surface area contributed by atoms with Crippen molar-refractivity contribution in [3.8, 4) is 0 Å². The molecule has 0 saturated carbocycles. The second-order valence-corrected chi connectivity index (χ2v) is 10.2. The molecule has 3 aliphatic heterocycles. The van der Waals surface area contributed by atoms with E-state index in [2.05, 4.69) is 22.3 Å². The van der Waals surface area contributed by atoms with E-state index >= 15 is 0 Å². The first-order valence-electron chi connectivity index (χ1n) is 12.7. The van der Waals surface area contributed by atoms with Crippen molar-refractivity contribution in [2.24, 2.45) is 5.92 Å². The molecule has 5 nitrogen and oxygen atoms in total. The normalized spacial score (nSPS) is 25.6. The number of amides is 1. The first-order valence-corrected chi connectivity index (χ1v) is 12.7. The van der Waals surface area contributed by atoms with Gasteiger partial charge >= 0.3 is 0 Å². The van der Waals surface area contributed by atoms with E-state index < -0.39 is 0 Å². The van der Waals surface area contributed by atoms with Crippen LogP contribution in [0.25, 0.3) is 0 Å². The summed E-state index contributed by atoms with van der Waals surface area (Å²) in [6, 6.07) is 17.4. The van der Waals surface area contributed by atoms with E-state index in [9.17, 15) is 4.79 Å². The van der Waals surface area contributed by atoms with Crippen molar-refractivity contribution in [2.45, 2.75) is 70.7 Å². The van der Waals surface area contributed by atoms with Crippen molar-refractivity contribution in [1.29, 1.82) is 0 Å². The van der Waals surface area contributed by atoms with Gasteiger partial charge in [-0.1, -0.05) is 36.4 Å². The molecule has 4 atom stereocenters. The Morgan fingerprint density at radius 3 is 2.76 bits per heavy atom. The summed E-state index contributed by atoms with van der Waals surface area (Å²) in [4.78, 5) is 22.4. The van der Waals surface area contributed by atoms with E-state index in [-0.39, 0.29) is 18.1 Å². The van der Waals surface area contributed by atoms with Crippen molar-refractivity contribution >= 4 is 5.91 Å². The molecule has 0 aliphatic carbocycles. The minimum atomic E-state index is -0.166. The minimum Gasteiger partial charge on any atom is -0.314 e. The van der Waals surface area contributed by atoms with Gasteiger partial charge in [0.25, 0.3) is 5.91 Å². The van der Waals surface area contributed by atoms with Gasteiger partial charge in [0.05, 0.1) is 12.1 Å². The van der Waals surface area contributed by atoms with E-state index in [0.29, 0.717) is 12.1 Å². The van der Waals surface area contributed by atoms with E-state index in [1.54, 1.807) is 5.06 Å². The quantitative estimate of drug-likeness (QED) is 0.662. The van der Waals surface area contributed by atoms with Crippen molar-refractivity contribution in [1.82, 2.24) is 15.3 Å². The Morgan fingerprint density at radius 2 is 1.97 bits per heavy atom. The summed E-state index contributed by atoms with van der Waals surface area (Å²) in [5.74, 6) is 0.724. The number of hydrogen-bond donors (Lipinski definition) is 1. The monoisotopic (exact) mass is 447 g/mol. The van der Waals surface area contributed by atoms with Crippen LogP contribution in [-0.2, 0) is 11.3 Å². The Labute approximate surface area is 198 Å². The number of carbonyl (C=O) groups is 1. The minimum absolute atomic E-state index is 0.0667. The van der Waals surface area contributed by atoms with Crippen molar-refractivity contribution < 1.29 is 9.63 Å². The first-order chi connectivity index (χ1) is 16.0. The number of hydrogen-bond acceptors (Lipinski definition) is 4. The molecule has 0 radical (unpaired) electrons. The third kappa shape index (κ3) is 4.59. The maximum Gasteiger partial charge on any atom is 0.278 e. The van der Waals surface area contributed by atoms with Gasteiger partial charge in [-0.05, 0) is 87.7 Å². The molecule has 2 fully saturated rings. The van der Waals surface area contributed by atoms with Gasteiger partial charge in [0.1, 0.15) is 0 Å². The third-order valence-electron chi connectivity index (χ3n) is 7.69. The molecule has 5 heteroatoms. The smallest absolute Gasteiger partial charge is 0.278 e. The predicted octanol–water partition coefficient (Wildman–Crippen LogP) is 4.90. The van der Waals surface area contributed by atoms with Gasteiger partial charge < -0.3 is 5.32 Å². The van der Waals surface area contributed by atoms with Crippen LogP contribution in [0.5, 0.6) is 0 Å².